The molecule has 202 valence electrons. The van der Waals surface area contributed by atoms with Gasteiger partial charge in [0, 0.05) is 35.4 Å². The molecule has 0 radical (unpaired) electrons. The van der Waals surface area contributed by atoms with E-state index in [4.69, 9.17) is 13.7 Å². The van der Waals surface area contributed by atoms with Gasteiger partial charge < -0.3 is 13.7 Å². The first-order chi connectivity index (χ1) is 17.9. The van der Waals surface area contributed by atoms with Gasteiger partial charge in [-0.05, 0) is 81.2 Å². The fraction of sp³-hybridized carbons (Fsp3) is 0.567. The molecule has 4 atom stereocenters. The Bertz CT molecular complexity index is 1040. The van der Waals surface area contributed by atoms with E-state index in [2.05, 4.69) is 50.0 Å². The normalized spacial score (nSPS) is 26.4. The number of carbonyl (C=O) groups excluding carboxylic acids is 1. The zero-order chi connectivity index (χ0) is 26.4. The van der Waals surface area contributed by atoms with Crippen LogP contribution in [0, 0.1) is 5.92 Å². The van der Waals surface area contributed by atoms with Crippen molar-refractivity contribution in [3.8, 4) is 11.5 Å². The van der Waals surface area contributed by atoms with Gasteiger partial charge in [-0.15, -0.1) is 6.58 Å². The molecule has 1 aromatic rings. The quantitative estimate of drug-likeness (QED) is 0.134. The van der Waals surface area contributed by atoms with Gasteiger partial charge in [0.2, 0.25) is 0 Å². The van der Waals surface area contributed by atoms with Crippen molar-refractivity contribution in [3.05, 3.63) is 59.0 Å². The fourth-order valence-electron chi connectivity index (χ4n) is 6.28. The summed E-state index contributed by atoms with van der Waals surface area (Å²) in [6.07, 6.45) is 13.5. The van der Waals surface area contributed by atoms with Gasteiger partial charge in [-0.2, -0.15) is 12.6 Å². The first-order valence-corrected chi connectivity index (χ1v) is 14.4. The molecule has 0 saturated carbocycles. The summed E-state index contributed by atoms with van der Waals surface area (Å²) in [6.45, 7) is 9.20. The molecule has 4 rings (SSSR count). The van der Waals surface area contributed by atoms with Gasteiger partial charge in [0.15, 0.2) is 17.3 Å². The molecule has 0 saturated heterocycles. The van der Waals surface area contributed by atoms with Crippen molar-refractivity contribution < 1.29 is 18.5 Å². The second kappa shape index (κ2) is 12.9. The Kier molecular flexibility index (Phi) is 9.90. The second-order valence-electron chi connectivity index (χ2n) is 10.8. The molecule has 7 heteroatoms. The summed E-state index contributed by atoms with van der Waals surface area (Å²) >= 11 is 8.17. The highest BCUT2D eigenvalue weighted by molar-refractivity contribution is 7.83. The molecule has 0 bridgehead atoms. The Morgan fingerprint density at radius 2 is 2.16 bits per heavy atom. The van der Waals surface area contributed by atoms with Gasteiger partial charge in [0.25, 0.3) is 0 Å². The van der Waals surface area contributed by atoms with Crippen molar-refractivity contribution in [2.45, 2.75) is 82.5 Å². The SMILES string of the molecule is C=CC(C[C@@H]1Oc2c(OC)ccc3c2[C@@]1(C)CCN(CCCCCC1CCC=C(/C=C\S)C1=O)C3)OS. The van der Waals surface area contributed by atoms with E-state index in [9.17, 15) is 4.79 Å². The number of methoxy groups -OCH3 is 1. The maximum atomic E-state index is 12.7. The van der Waals surface area contributed by atoms with E-state index in [1.807, 2.05) is 18.2 Å². The fourth-order valence-corrected chi connectivity index (χ4v) is 6.61. The number of carbonyl (C=O) groups is 1. The lowest BCUT2D eigenvalue weighted by Gasteiger charge is -2.32. The largest absolute Gasteiger partial charge is 0.493 e. The Morgan fingerprint density at radius 3 is 2.89 bits per heavy atom. The standard InChI is InChI=1S/C30H41NO4S2/c1-4-24(35-37)19-26-30(2)15-17-31(20-23-12-13-25(33-3)29(34-26)27(23)30)16-7-5-6-9-21-10-8-11-22(14-18-36)28(21)32/h4,11-14,18,21,24,26,36-37H,1,5-10,15-17,19-20H2,2-3H3/b18-14-/t21?,24?,26-,30-/m0/s1. The van der Waals surface area contributed by atoms with Crippen LogP contribution in [0.5, 0.6) is 11.5 Å². The highest BCUT2D eigenvalue weighted by Gasteiger charge is 2.49. The Hall–Kier alpha value is -1.67. The average Bonchev–Trinajstić information content (AvgIpc) is 3.10. The number of benzene rings is 1. The van der Waals surface area contributed by atoms with Crippen molar-refractivity contribution in [1.29, 1.82) is 0 Å². The van der Waals surface area contributed by atoms with Gasteiger partial charge in [-0.3, -0.25) is 9.69 Å². The number of rotatable bonds is 12. The number of ether oxygens (including phenoxy) is 2. The molecular formula is C30H41NO4S2. The molecule has 0 spiro atoms. The summed E-state index contributed by atoms with van der Waals surface area (Å²) in [4.78, 5) is 15.2. The third kappa shape index (κ3) is 6.16. The Balaban J connectivity index is 1.36. The number of hydrogen-bond donors (Lipinski definition) is 2. The summed E-state index contributed by atoms with van der Waals surface area (Å²) in [6, 6.07) is 4.24. The number of unbranched alkanes of at least 4 members (excludes halogenated alkanes) is 2. The zero-order valence-electron chi connectivity index (χ0n) is 22.2. The van der Waals surface area contributed by atoms with Crippen LogP contribution in [0.2, 0.25) is 0 Å². The number of hydrogen-bond acceptors (Lipinski definition) is 7. The van der Waals surface area contributed by atoms with Crippen LogP contribution in [0.1, 0.15) is 69.4 Å². The maximum Gasteiger partial charge on any atom is 0.165 e. The van der Waals surface area contributed by atoms with Gasteiger partial charge in [-0.1, -0.05) is 38.0 Å². The predicted octanol–water partition coefficient (Wildman–Crippen LogP) is 6.64. The van der Waals surface area contributed by atoms with Crippen molar-refractivity contribution in [2.75, 3.05) is 20.2 Å². The minimum absolute atomic E-state index is 0.0305. The van der Waals surface area contributed by atoms with E-state index >= 15 is 0 Å². The smallest absolute Gasteiger partial charge is 0.165 e. The molecule has 2 unspecified atom stereocenters. The van der Waals surface area contributed by atoms with Crippen LogP contribution in [0.4, 0.5) is 0 Å². The Morgan fingerprint density at radius 1 is 1.32 bits per heavy atom. The van der Waals surface area contributed by atoms with Crippen LogP contribution >= 0.6 is 25.5 Å². The van der Waals surface area contributed by atoms with Crippen molar-refractivity contribution in [3.63, 3.8) is 0 Å². The van der Waals surface area contributed by atoms with Crippen LogP contribution in [0.25, 0.3) is 0 Å². The van der Waals surface area contributed by atoms with E-state index < -0.39 is 0 Å². The zero-order valence-corrected chi connectivity index (χ0v) is 23.9. The highest BCUT2D eigenvalue weighted by Crippen LogP contribution is 2.53. The summed E-state index contributed by atoms with van der Waals surface area (Å²) < 4.78 is 17.5. The van der Waals surface area contributed by atoms with Crippen LogP contribution in [-0.2, 0) is 20.9 Å². The van der Waals surface area contributed by atoms with E-state index in [0.29, 0.717) is 12.2 Å². The average molecular weight is 544 g/mol. The second-order valence-corrected chi connectivity index (χ2v) is 11.3. The molecule has 2 heterocycles. The molecular weight excluding hydrogens is 502 g/mol. The Labute approximate surface area is 233 Å². The number of ketones is 1. The van der Waals surface area contributed by atoms with E-state index in [-0.39, 0.29) is 23.5 Å². The van der Waals surface area contributed by atoms with Gasteiger partial charge in [0.1, 0.15) is 6.10 Å². The summed E-state index contributed by atoms with van der Waals surface area (Å²) in [5.41, 5.74) is 3.31. The monoisotopic (exact) mass is 543 g/mol. The lowest BCUT2D eigenvalue weighted by atomic mass is 9.73. The summed E-state index contributed by atoms with van der Waals surface area (Å²) in [5.74, 6) is 2.14. The van der Waals surface area contributed by atoms with Crippen LogP contribution < -0.4 is 9.47 Å². The third-order valence-electron chi connectivity index (χ3n) is 8.47. The van der Waals surface area contributed by atoms with E-state index in [0.717, 1.165) is 81.7 Å². The minimum atomic E-state index is -0.176. The minimum Gasteiger partial charge on any atom is -0.493 e. The highest BCUT2D eigenvalue weighted by atomic mass is 32.1. The van der Waals surface area contributed by atoms with E-state index in [1.165, 1.54) is 11.1 Å². The summed E-state index contributed by atoms with van der Waals surface area (Å²) in [7, 11) is 1.70. The predicted molar refractivity (Wildman–Crippen MR) is 156 cm³/mol. The lowest BCUT2D eigenvalue weighted by Crippen LogP contribution is -2.39. The topological polar surface area (TPSA) is 48.0 Å². The van der Waals surface area contributed by atoms with Crippen molar-refractivity contribution in [1.82, 2.24) is 4.90 Å². The third-order valence-corrected chi connectivity index (χ3v) is 8.89. The first-order valence-electron chi connectivity index (χ1n) is 13.5. The van der Waals surface area contributed by atoms with Crippen molar-refractivity contribution in [2.24, 2.45) is 5.92 Å². The molecule has 3 aliphatic rings. The van der Waals surface area contributed by atoms with Gasteiger partial charge >= 0.3 is 0 Å². The number of nitrogens with zero attached hydrogens (tertiary/aromatic N) is 1. The molecule has 0 N–H and O–H groups in total. The van der Waals surface area contributed by atoms with Gasteiger partial charge in [-0.25, -0.2) is 0 Å². The number of allylic oxidation sites excluding steroid dienone is 3. The first kappa shape index (κ1) is 28.3. The molecule has 5 nitrogen and oxygen atoms in total. The molecule has 0 amide bonds. The molecule has 0 fully saturated rings. The summed E-state index contributed by atoms with van der Waals surface area (Å²) in [5, 5.41) is 1.66. The molecule has 1 aliphatic carbocycles. The molecule has 0 aromatic heterocycles. The van der Waals surface area contributed by atoms with Crippen LogP contribution in [-0.4, -0.2) is 43.1 Å². The number of thiol groups is 2. The van der Waals surface area contributed by atoms with Crippen molar-refractivity contribution >= 4 is 31.3 Å². The molecule has 2 aliphatic heterocycles. The number of Topliss-reactive ketones (excluding diaryl/α,β-unsaturated/α-hetero) is 1. The van der Waals surface area contributed by atoms with E-state index in [1.54, 1.807) is 18.6 Å². The van der Waals surface area contributed by atoms with Crippen LogP contribution in [0.3, 0.4) is 0 Å². The molecule has 1 aromatic carbocycles. The van der Waals surface area contributed by atoms with Gasteiger partial charge in [0.05, 0.1) is 13.2 Å². The van der Waals surface area contributed by atoms with Crippen LogP contribution in [0.15, 0.2) is 47.9 Å². The maximum absolute atomic E-state index is 12.7. The lowest BCUT2D eigenvalue weighted by molar-refractivity contribution is -0.119. The molecule has 37 heavy (non-hydrogen) atoms.